The van der Waals surface area contributed by atoms with E-state index in [1.165, 1.54) is 44.1 Å². The maximum atomic E-state index is 11.7. The Hall–Kier alpha value is -1.39. The Balaban J connectivity index is 1.45. The summed E-state index contributed by atoms with van der Waals surface area (Å²) in [5, 5.41) is 6.46. The van der Waals surface area contributed by atoms with E-state index >= 15 is 0 Å². The van der Waals surface area contributed by atoms with Crippen LogP contribution < -0.4 is 10.6 Å². The van der Waals surface area contributed by atoms with Crippen LogP contribution in [0.5, 0.6) is 0 Å². The van der Waals surface area contributed by atoms with Gasteiger partial charge in [0.05, 0.1) is 6.61 Å². The van der Waals surface area contributed by atoms with Gasteiger partial charge in [0.25, 0.3) is 0 Å². The van der Waals surface area contributed by atoms with Gasteiger partial charge >= 0.3 is 0 Å². The fourth-order valence-corrected chi connectivity index (χ4v) is 3.01. The highest BCUT2D eigenvalue weighted by Gasteiger charge is 2.10. The molecule has 0 aliphatic heterocycles. The van der Waals surface area contributed by atoms with Gasteiger partial charge in [-0.05, 0) is 24.8 Å². The van der Waals surface area contributed by atoms with Crippen molar-refractivity contribution < 1.29 is 9.53 Å². The van der Waals surface area contributed by atoms with Gasteiger partial charge in [-0.25, -0.2) is 0 Å². The second-order valence-corrected chi connectivity index (χ2v) is 6.28. The summed E-state index contributed by atoms with van der Waals surface area (Å²) in [6.07, 6.45) is 8.80. The standard InChI is InChI=1S/C19H30N2O2/c22-19(16-23-15-12-17-8-4-3-5-9-17)21-14-13-20-18-10-6-1-2-7-11-18/h3-5,8-9,18,20H,1-2,6-7,10-16H2,(H,21,22). The fourth-order valence-electron chi connectivity index (χ4n) is 3.01. The molecule has 1 saturated carbocycles. The Bertz CT molecular complexity index is 428. The molecule has 0 aromatic heterocycles. The second kappa shape index (κ2) is 11.2. The molecule has 0 bridgehead atoms. The number of carbonyl (C=O) groups is 1. The van der Waals surface area contributed by atoms with Crippen molar-refractivity contribution in [1.29, 1.82) is 0 Å². The van der Waals surface area contributed by atoms with Crippen molar-refractivity contribution in [2.75, 3.05) is 26.3 Å². The lowest BCUT2D eigenvalue weighted by atomic mass is 10.1. The Labute approximate surface area is 140 Å². The SMILES string of the molecule is O=C(COCCc1ccccc1)NCCNC1CCCCCC1. The molecule has 0 radical (unpaired) electrons. The lowest BCUT2D eigenvalue weighted by Gasteiger charge is -2.16. The third kappa shape index (κ3) is 8.14. The maximum absolute atomic E-state index is 11.7. The predicted octanol–water partition coefficient (Wildman–Crippen LogP) is 2.67. The number of hydrogen-bond donors (Lipinski definition) is 2. The molecule has 23 heavy (non-hydrogen) atoms. The zero-order valence-corrected chi connectivity index (χ0v) is 14.1. The summed E-state index contributed by atoms with van der Waals surface area (Å²) < 4.78 is 5.43. The summed E-state index contributed by atoms with van der Waals surface area (Å²) in [5.74, 6) is -0.0271. The number of hydrogen-bond acceptors (Lipinski definition) is 3. The van der Waals surface area contributed by atoms with Gasteiger partial charge in [-0.2, -0.15) is 0 Å². The fraction of sp³-hybridized carbons (Fsp3) is 0.632. The summed E-state index contributed by atoms with van der Waals surface area (Å²) >= 11 is 0. The first-order chi connectivity index (χ1) is 11.3. The molecule has 0 saturated heterocycles. The summed E-state index contributed by atoms with van der Waals surface area (Å²) in [4.78, 5) is 11.7. The molecule has 4 nitrogen and oxygen atoms in total. The second-order valence-electron chi connectivity index (χ2n) is 6.28. The predicted molar refractivity (Wildman–Crippen MR) is 93.5 cm³/mol. The van der Waals surface area contributed by atoms with E-state index in [0.717, 1.165) is 13.0 Å². The summed E-state index contributed by atoms with van der Waals surface area (Å²) in [5.41, 5.74) is 1.24. The van der Waals surface area contributed by atoms with Crippen molar-refractivity contribution in [3.8, 4) is 0 Å². The van der Waals surface area contributed by atoms with Gasteiger partial charge in [0, 0.05) is 19.1 Å². The van der Waals surface area contributed by atoms with Gasteiger partial charge in [0.2, 0.25) is 5.91 Å². The minimum Gasteiger partial charge on any atom is -0.371 e. The van der Waals surface area contributed by atoms with Crippen LogP contribution in [0.15, 0.2) is 30.3 Å². The zero-order valence-electron chi connectivity index (χ0n) is 14.1. The van der Waals surface area contributed by atoms with Crippen molar-refractivity contribution in [3.63, 3.8) is 0 Å². The highest BCUT2D eigenvalue weighted by molar-refractivity contribution is 5.77. The van der Waals surface area contributed by atoms with Crippen LogP contribution >= 0.6 is 0 Å². The molecule has 0 atom stereocenters. The van der Waals surface area contributed by atoms with Crippen LogP contribution in [0.3, 0.4) is 0 Å². The van der Waals surface area contributed by atoms with Crippen LogP contribution in [0.4, 0.5) is 0 Å². The lowest BCUT2D eigenvalue weighted by molar-refractivity contribution is -0.125. The molecule has 0 spiro atoms. The Morgan fingerprint density at radius 3 is 2.52 bits per heavy atom. The van der Waals surface area contributed by atoms with Crippen molar-refractivity contribution in [2.24, 2.45) is 0 Å². The molecule has 1 fully saturated rings. The quantitative estimate of drug-likeness (QED) is 0.544. The molecular formula is C19H30N2O2. The molecule has 0 heterocycles. The van der Waals surface area contributed by atoms with Crippen molar-refractivity contribution >= 4 is 5.91 Å². The van der Waals surface area contributed by atoms with Gasteiger partial charge in [-0.3, -0.25) is 4.79 Å². The van der Waals surface area contributed by atoms with Crippen molar-refractivity contribution in [3.05, 3.63) is 35.9 Å². The third-order valence-electron chi connectivity index (χ3n) is 4.35. The van der Waals surface area contributed by atoms with Crippen LogP contribution in [0.1, 0.15) is 44.1 Å². The van der Waals surface area contributed by atoms with E-state index in [4.69, 9.17) is 4.74 Å². The third-order valence-corrected chi connectivity index (χ3v) is 4.35. The topological polar surface area (TPSA) is 50.4 Å². The average molecular weight is 318 g/mol. The van der Waals surface area contributed by atoms with Gasteiger partial charge in [-0.1, -0.05) is 56.0 Å². The van der Waals surface area contributed by atoms with E-state index in [1.54, 1.807) is 0 Å². The number of nitrogens with one attached hydrogen (secondary N) is 2. The van der Waals surface area contributed by atoms with Crippen molar-refractivity contribution in [2.45, 2.75) is 51.0 Å². The van der Waals surface area contributed by atoms with Gasteiger partial charge < -0.3 is 15.4 Å². The molecule has 1 aromatic carbocycles. The van der Waals surface area contributed by atoms with Crippen molar-refractivity contribution in [1.82, 2.24) is 10.6 Å². The highest BCUT2D eigenvalue weighted by Crippen LogP contribution is 2.16. The Morgan fingerprint density at radius 1 is 1.04 bits per heavy atom. The summed E-state index contributed by atoms with van der Waals surface area (Å²) in [6, 6.07) is 10.8. The normalized spacial score (nSPS) is 16.0. The monoisotopic (exact) mass is 318 g/mol. The molecule has 2 N–H and O–H groups in total. The number of benzene rings is 1. The molecular weight excluding hydrogens is 288 g/mol. The lowest BCUT2D eigenvalue weighted by Crippen LogP contribution is -2.38. The first-order valence-corrected chi connectivity index (χ1v) is 8.96. The Morgan fingerprint density at radius 2 is 1.78 bits per heavy atom. The minimum absolute atomic E-state index is 0.0271. The summed E-state index contributed by atoms with van der Waals surface area (Å²) in [6.45, 7) is 2.26. The molecule has 128 valence electrons. The van der Waals surface area contributed by atoms with Gasteiger partial charge in [-0.15, -0.1) is 0 Å². The first-order valence-electron chi connectivity index (χ1n) is 8.96. The van der Waals surface area contributed by atoms with E-state index in [1.807, 2.05) is 18.2 Å². The van der Waals surface area contributed by atoms with Gasteiger partial charge in [0.1, 0.15) is 6.61 Å². The van der Waals surface area contributed by atoms with E-state index in [9.17, 15) is 4.79 Å². The number of amides is 1. The molecule has 2 rings (SSSR count). The van der Waals surface area contributed by atoms with Gasteiger partial charge in [0.15, 0.2) is 0 Å². The molecule has 4 heteroatoms. The molecule has 1 aliphatic carbocycles. The first kappa shape index (κ1) is 18.0. The molecule has 1 aliphatic rings. The van der Waals surface area contributed by atoms with E-state index in [-0.39, 0.29) is 12.5 Å². The number of carbonyl (C=O) groups excluding carboxylic acids is 1. The smallest absolute Gasteiger partial charge is 0.246 e. The maximum Gasteiger partial charge on any atom is 0.246 e. The van der Waals surface area contributed by atoms with E-state index in [2.05, 4.69) is 22.8 Å². The molecule has 0 unspecified atom stereocenters. The van der Waals surface area contributed by atoms with E-state index in [0.29, 0.717) is 19.2 Å². The molecule has 1 amide bonds. The van der Waals surface area contributed by atoms with Crippen LogP contribution in [-0.2, 0) is 16.0 Å². The zero-order chi connectivity index (χ0) is 16.2. The minimum atomic E-state index is -0.0271. The highest BCUT2D eigenvalue weighted by atomic mass is 16.5. The average Bonchev–Trinajstić information content (AvgIpc) is 2.85. The van der Waals surface area contributed by atoms with Crippen LogP contribution in [0.2, 0.25) is 0 Å². The van der Waals surface area contributed by atoms with Crippen LogP contribution in [0, 0.1) is 0 Å². The largest absolute Gasteiger partial charge is 0.371 e. The van der Waals surface area contributed by atoms with Crippen LogP contribution in [0.25, 0.3) is 0 Å². The van der Waals surface area contributed by atoms with E-state index < -0.39 is 0 Å². The number of ether oxygens (including phenoxy) is 1. The molecule has 1 aromatic rings. The summed E-state index contributed by atoms with van der Waals surface area (Å²) in [7, 11) is 0. The number of rotatable bonds is 9. The van der Waals surface area contributed by atoms with Crippen LogP contribution in [-0.4, -0.2) is 38.3 Å². The Kier molecular flexibility index (Phi) is 8.74.